The minimum Gasteiger partial charge on any atom is -0.317 e. The molecule has 1 heterocycles. The average molecular weight is 305 g/mol. The first-order valence-corrected chi connectivity index (χ1v) is 6.79. The van der Waals surface area contributed by atoms with Gasteiger partial charge in [-0.15, -0.1) is 0 Å². The molecule has 0 radical (unpaired) electrons. The van der Waals surface area contributed by atoms with Crippen molar-refractivity contribution in [3.63, 3.8) is 0 Å². The van der Waals surface area contributed by atoms with E-state index in [2.05, 4.69) is 4.98 Å². The van der Waals surface area contributed by atoms with Crippen molar-refractivity contribution in [2.24, 2.45) is 0 Å². The first-order chi connectivity index (χ1) is 9.70. The van der Waals surface area contributed by atoms with Gasteiger partial charge in [0.1, 0.15) is 0 Å². The van der Waals surface area contributed by atoms with Crippen LogP contribution in [0.15, 0.2) is 42.5 Å². The highest BCUT2D eigenvalue weighted by Gasteiger charge is 2.13. The molecule has 0 saturated carbocycles. The van der Waals surface area contributed by atoms with Gasteiger partial charge in [0.15, 0.2) is 12.1 Å². The van der Waals surface area contributed by atoms with E-state index in [4.69, 9.17) is 23.2 Å². The van der Waals surface area contributed by atoms with Crippen LogP contribution in [0.1, 0.15) is 16.2 Å². The molecule has 0 bridgehead atoms. The summed E-state index contributed by atoms with van der Waals surface area (Å²) < 4.78 is 1.81. The van der Waals surface area contributed by atoms with Crippen molar-refractivity contribution in [2.45, 2.75) is 6.54 Å². The predicted molar refractivity (Wildman–Crippen MR) is 80.7 cm³/mol. The Hall–Kier alpha value is -1.84. The van der Waals surface area contributed by atoms with Gasteiger partial charge in [0.05, 0.1) is 17.6 Å². The Morgan fingerprint density at radius 1 is 1.05 bits per heavy atom. The molecular formula is C15H10Cl2N2O. The van der Waals surface area contributed by atoms with Crippen molar-refractivity contribution in [3.05, 3.63) is 63.9 Å². The highest BCUT2D eigenvalue weighted by Crippen LogP contribution is 2.27. The van der Waals surface area contributed by atoms with E-state index in [1.165, 1.54) is 0 Å². The number of halogens is 2. The van der Waals surface area contributed by atoms with Crippen LogP contribution in [-0.4, -0.2) is 15.8 Å². The van der Waals surface area contributed by atoms with Gasteiger partial charge in [-0.25, -0.2) is 4.98 Å². The highest BCUT2D eigenvalue weighted by atomic mass is 35.5. The summed E-state index contributed by atoms with van der Waals surface area (Å²) in [6, 6.07) is 12.9. The monoisotopic (exact) mass is 304 g/mol. The second-order valence-electron chi connectivity index (χ2n) is 4.36. The third-order valence-corrected chi connectivity index (χ3v) is 3.88. The van der Waals surface area contributed by atoms with Crippen molar-refractivity contribution >= 4 is 40.5 Å². The van der Waals surface area contributed by atoms with Gasteiger partial charge in [-0.1, -0.05) is 41.4 Å². The maximum atomic E-state index is 11.2. The standard InChI is InChI=1S/C15H10Cl2N2O/c16-11-4-3-5-12(17)10(11)8-19-14-7-2-1-6-13(14)18-15(19)9-20/h1-7,9H,8H2. The molecule has 0 spiro atoms. The lowest BCUT2D eigenvalue weighted by atomic mass is 10.2. The maximum absolute atomic E-state index is 11.2. The zero-order valence-corrected chi connectivity index (χ0v) is 11.9. The van der Waals surface area contributed by atoms with Gasteiger partial charge >= 0.3 is 0 Å². The SMILES string of the molecule is O=Cc1nc2ccccc2n1Cc1c(Cl)cccc1Cl. The number of benzene rings is 2. The van der Waals surface area contributed by atoms with E-state index in [1.807, 2.05) is 28.8 Å². The highest BCUT2D eigenvalue weighted by molar-refractivity contribution is 6.36. The molecule has 0 unspecified atom stereocenters. The van der Waals surface area contributed by atoms with Crippen LogP contribution in [0.2, 0.25) is 10.0 Å². The minimum atomic E-state index is 0.363. The van der Waals surface area contributed by atoms with Gasteiger partial charge in [0.2, 0.25) is 0 Å². The zero-order valence-electron chi connectivity index (χ0n) is 10.4. The van der Waals surface area contributed by atoms with Gasteiger partial charge in [-0.05, 0) is 24.3 Å². The van der Waals surface area contributed by atoms with E-state index in [0.29, 0.717) is 22.4 Å². The van der Waals surface area contributed by atoms with E-state index in [9.17, 15) is 4.79 Å². The summed E-state index contributed by atoms with van der Waals surface area (Å²) >= 11 is 12.4. The van der Waals surface area contributed by atoms with Crippen LogP contribution in [0.25, 0.3) is 11.0 Å². The predicted octanol–water partition coefficient (Wildman–Crippen LogP) is 4.20. The van der Waals surface area contributed by atoms with Crippen LogP contribution in [0.3, 0.4) is 0 Å². The van der Waals surface area contributed by atoms with Gasteiger partial charge in [0, 0.05) is 15.6 Å². The summed E-state index contributed by atoms with van der Waals surface area (Å²) in [6.07, 6.45) is 0.741. The van der Waals surface area contributed by atoms with Crippen LogP contribution in [0, 0.1) is 0 Å². The van der Waals surface area contributed by atoms with Crippen molar-refractivity contribution < 1.29 is 4.79 Å². The number of fused-ring (bicyclic) bond motifs is 1. The fourth-order valence-corrected chi connectivity index (χ4v) is 2.71. The number of para-hydroxylation sites is 2. The molecule has 5 heteroatoms. The Bertz CT molecular complexity index is 775. The molecule has 20 heavy (non-hydrogen) atoms. The van der Waals surface area contributed by atoms with Crippen LogP contribution >= 0.6 is 23.2 Å². The number of aldehydes is 1. The van der Waals surface area contributed by atoms with Crippen LogP contribution in [0.5, 0.6) is 0 Å². The smallest absolute Gasteiger partial charge is 0.185 e. The molecule has 0 aliphatic rings. The van der Waals surface area contributed by atoms with Gasteiger partial charge < -0.3 is 4.57 Å². The van der Waals surface area contributed by atoms with E-state index >= 15 is 0 Å². The second kappa shape index (κ2) is 5.27. The lowest BCUT2D eigenvalue weighted by Crippen LogP contribution is -2.05. The number of rotatable bonds is 3. The quantitative estimate of drug-likeness (QED) is 0.680. The Kier molecular flexibility index (Phi) is 3.47. The molecule has 100 valence electrons. The summed E-state index contributed by atoms with van der Waals surface area (Å²) in [6.45, 7) is 0.410. The molecule has 2 aromatic carbocycles. The molecule has 0 saturated heterocycles. The van der Waals surface area contributed by atoms with Gasteiger partial charge in [-0.2, -0.15) is 0 Å². The van der Waals surface area contributed by atoms with Crippen LogP contribution in [0.4, 0.5) is 0 Å². The molecule has 3 aromatic rings. The molecule has 0 atom stereocenters. The number of aromatic nitrogens is 2. The van der Waals surface area contributed by atoms with Gasteiger partial charge in [0.25, 0.3) is 0 Å². The van der Waals surface area contributed by atoms with Crippen molar-refractivity contribution in [1.82, 2.24) is 9.55 Å². The van der Waals surface area contributed by atoms with Crippen molar-refractivity contribution in [3.8, 4) is 0 Å². The third-order valence-electron chi connectivity index (χ3n) is 3.17. The van der Waals surface area contributed by atoms with E-state index in [0.717, 1.165) is 22.9 Å². The lowest BCUT2D eigenvalue weighted by molar-refractivity contribution is 0.111. The summed E-state index contributed by atoms with van der Waals surface area (Å²) in [5.74, 6) is 0.363. The molecule has 0 aliphatic heterocycles. The molecule has 0 amide bonds. The van der Waals surface area contributed by atoms with Crippen molar-refractivity contribution in [1.29, 1.82) is 0 Å². The number of imidazole rings is 1. The fourth-order valence-electron chi connectivity index (χ4n) is 2.19. The average Bonchev–Trinajstić information content (AvgIpc) is 2.81. The molecular weight excluding hydrogens is 295 g/mol. The van der Waals surface area contributed by atoms with E-state index in [1.54, 1.807) is 18.2 Å². The fraction of sp³-hybridized carbons (Fsp3) is 0.0667. The Morgan fingerprint density at radius 3 is 2.45 bits per heavy atom. The minimum absolute atomic E-state index is 0.363. The number of carbonyl (C=O) groups excluding carboxylic acids is 1. The van der Waals surface area contributed by atoms with E-state index in [-0.39, 0.29) is 0 Å². The Balaban J connectivity index is 2.17. The first-order valence-electron chi connectivity index (χ1n) is 6.04. The normalized spacial score (nSPS) is 10.9. The second-order valence-corrected chi connectivity index (χ2v) is 5.18. The van der Waals surface area contributed by atoms with Crippen molar-refractivity contribution in [2.75, 3.05) is 0 Å². The summed E-state index contributed by atoms with van der Waals surface area (Å²) in [5.41, 5.74) is 2.44. The number of hydrogen-bond donors (Lipinski definition) is 0. The van der Waals surface area contributed by atoms with Gasteiger partial charge in [-0.3, -0.25) is 4.79 Å². The Labute approximate surface area is 125 Å². The molecule has 3 rings (SSSR count). The molecule has 0 aliphatic carbocycles. The Morgan fingerprint density at radius 2 is 1.75 bits per heavy atom. The zero-order chi connectivity index (χ0) is 14.1. The summed E-state index contributed by atoms with van der Waals surface area (Å²) in [7, 11) is 0. The topological polar surface area (TPSA) is 34.9 Å². The lowest BCUT2D eigenvalue weighted by Gasteiger charge is -2.10. The first kappa shape index (κ1) is 13.2. The maximum Gasteiger partial charge on any atom is 0.185 e. The van der Waals surface area contributed by atoms with Crippen LogP contribution in [-0.2, 0) is 6.54 Å². The molecule has 3 nitrogen and oxygen atoms in total. The third kappa shape index (κ3) is 2.19. The van der Waals surface area contributed by atoms with Crippen LogP contribution < -0.4 is 0 Å². The number of nitrogens with zero attached hydrogens (tertiary/aromatic N) is 2. The largest absolute Gasteiger partial charge is 0.317 e. The molecule has 1 aromatic heterocycles. The number of hydrogen-bond acceptors (Lipinski definition) is 2. The van der Waals surface area contributed by atoms with E-state index < -0.39 is 0 Å². The molecule has 0 fully saturated rings. The summed E-state index contributed by atoms with van der Waals surface area (Å²) in [4.78, 5) is 15.5. The molecule has 0 N–H and O–H groups in total. The number of carbonyl (C=O) groups is 1. The summed E-state index contributed by atoms with van der Waals surface area (Å²) in [5, 5.41) is 1.15.